The second-order valence-corrected chi connectivity index (χ2v) is 5.86. The molecule has 1 amide bonds. The van der Waals surface area contributed by atoms with E-state index in [9.17, 15) is 4.79 Å². The third-order valence-corrected chi connectivity index (χ3v) is 4.00. The summed E-state index contributed by atoms with van der Waals surface area (Å²) in [5.41, 5.74) is 4.81. The Labute approximate surface area is 97.8 Å². The van der Waals surface area contributed by atoms with E-state index in [1.165, 1.54) is 0 Å². The van der Waals surface area contributed by atoms with Crippen molar-refractivity contribution in [3.63, 3.8) is 0 Å². The Bertz CT molecular complexity index is 276. The zero-order chi connectivity index (χ0) is 12.6. The van der Waals surface area contributed by atoms with Gasteiger partial charge in [-0.25, -0.2) is 0 Å². The molecule has 4 heteroatoms. The quantitative estimate of drug-likeness (QED) is 0.743. The summed E-state index contributed by atoms with van der Waals surface area (Å²) in [7, 11) is 0. The minimum absolute atomic E-state index is 0.139. The van der Waals surface area contributed by atoms with Crippen molar-refractivity contribution in [1.82, 2.24) is 4.90 Å². The van der Waals surface area contributed by atoms with E-state index in [2.05, 4.69) is 20.8 Å². The van der Waals surface area contributed by atoms with Crippen LogP contribution in [0.4, 0.5) is 0 Å². The monoisotopic (exact) mass is 228 g/mol. The van der Waals surface area contributed by atoms with Crippen LogP contribution < -0.4 is 5.73 Å². The highest BCUT2D eigenvalue weighted by molar-refractivity contribution is 5.86. The second kappa shape index (κ2) is 4.34. The summed E-state index contributed by atoms with van der Waals surface area (Å²) in [5, 5.41) is 9.09. The van der Waals surface area contributed by atoms with Gasteiger partial charge in [0.2, 0.25) is 5.91 Å². The highest BCUT2D eigenvalue weighted by Crippen LogP contribution is 2.37. The largest absolute Gasteiger partial charge is 0.394 e. The van der Waals surface area contributed by atoms with E-state index in [-0.39, 0.29) is 17.9 Å². The van der Waals surface area contributed by atoms with Gasteiger partial charge in [0, 0.05) is 13.1 Å². The van der Waals surface area contributed by atoms with E-state index in [1.807, 2.05) is 0 Å². The summed E-state index contributed by atoms with van der Waals surface area (Å²) in [6.07, 6.45) is 1.01. The van der Waals surface area contributed by atoms with Gasteiger partial charge in [-0.1, -0.05) is 20.8 Å². The average Bonchev–Trinajstić information content (AvgIpc) is 2.61. The van der Waals surface area contributed by atoms with Gasteiger partial charge >= 0.3 is 0 Å². The van der Waals surface area contributed by atoms with E-state index < -0.39 is 5.54 Å². The van der Waals surface area contributed by atoms with Gasteiger partial charge in [-0.15, -0.1) is 0 Å². The lowest BCUT2D eigenvalue weighted by Gasteiger charge is -2.31. The van der Waals surface area contributed by atoms with E-state index >= 15 is 0 Å². The number of hydrogen-bond donors (Lipinski definition) is 2. The standard InChI is InChI=1S/C12H24N2O2/c1-9(2)11(3)5-6-14(7-11)10(16)12(4,13)8-15/h9,15H,5-8,13H2,1-4H3/t11-,12+/m0/s1. The number of nitrogens with two attached hydrogens (primary N) is 1. The van der Waals surface area contributed by atoms with Crippen molar-refractivity contribution >= 4 is 5.91 Å². The van der Waals surface area contributed by atoms with Crippen LogP contribution in [0.3, 0.4) is 0 Å². The van der Waals surface area contributed by atoms with Crippen LogP contribution in [-0.4, -0.2) is 41.1 Å². The first-order valence-electron chi connectivity index (χ1n) is 5.92. The predicted octanol–water partition coefficient (Wildman–Crippen LogP) is 0.591. The Morgan fingerprint density at radius 2 is 2.19 bits per heavy atom. The smallest absolute Gasteiger partial charge is 0.244 e. The fraction of sp³-hybridized carbons (Fsp3) is 0.917. The molecule has 0 aromatic heterocycles. The van der Waals surface area contributed by atoms with Gasteiger partial charge in [-0.05, 0) is 24.7 Å². The van der Waals surface area contributed by atoms with Crippen LogP contribution in [0.5, 0.6) is 0 Å². The molecule has 1 heterocycles. The maximum atomic E-state index is 12.0. The van der Waals surface area contributed by atoms with E-state index in [4.69, 9.17) is 10.8 Å². The Morgan fingerprint density at radius 1 is 1.62 bits per heavy atom. The number of carbonyl (C=O) groups is 1. The lowest BCUT2D eigenvalue weighted by Crippen LogP contribution is -2.55. The molecule has 3 N–H and O–H groups in total. The lowest BCUT2D eigenvalue weighted by molar-refractivity contribution is -0.137. The van der Waals surface area contributed by atoms with Gasteiger partial charge < -0.3 is 15.7 Å². The Hall–Kier alpha value is -0.610. The molecule has 0 radical (unpaired) electrons. The third-order valence-electron chi connectivity index (χ3n) is 4.00. The van der Waals surface area contributed by atoms with Crippen LogP contribution in [-0.2, 0) is 4.79 Å². The third kappa shape index (κ3) is 2.38. The molecule has 4 nitrogen and oxygen atoms in total. The number of amides is 1. The summed E-state index contributed by atoms with van der Waals surface area (Å²) < 4.78 is 0. The predicted molar refractivity (Wildman–Crippen MR) is 63.8 cm³/mol. The zero-order valence-electron chi connectivity index (χ0n) is 10.8. The van der Waals surface area contributed by atoms with Crippen LogP contribution >= 0.6 is 0 Å². The van der Waals surface area contributed by atoms with E-state index in [0.29, 0.717) is 5.92 Å². The first kappa shape index (κ1) is 13.5. The number of rotatable bonds is 3. The molecule has 1 aliphatic rings. The number of aliphatic hydroxyl groups excluding tert-OH is 1. The van der Waals surface area contributed by atoms with Crippen molar-refractivity contribution in [2.24, 2.45) is 17.1 Å². The molecular weight excluding hydrogens is 204 g/mol. The molecule has 0 unspecified atom stereocenters. The number of aliphatic hydroxyl groups is 1. The van der Waals surface area contributed by atoms with Crippen LogP contribution in [0.2, 0.25) is 0 Å². The summed E-state index contributed by atoms with van der Waals surface area (Å²) in [6, 6.07) is 0. The van der Waals surface area contributed by atoms with Gasteiger partial charge in [0.1, 0.15) is 5.54 Å². The molecular formula is C12H24N2O2. The fourth-order valence-corrected chi connectivity index (χ4v) is 2.06. The molecule has 16 heavy (non-hydrogen) atoms. The highest BCUT2D eigenvalue weighted by atomic mass is 16.3. The van der Waals surface area contributed by atoms with E-state index in [1.54, 1.807) is 11.8 Å². The van der Waals surface area contributed by atoms with Gasteiger partial charge in [-0.3, -0.25) is 4.79 Å². The molecule has 0 aliphatic carbocycles. The van der Waals surface area contributed by atoms with E-state index in [0.717, 1.165) is 19.5 Å². The number of nitrogens with zero attached hydrogens (tertiary/aromatic N) is 1. The first-order chi connectivity index (χ1) is 7.23. The SMILES string of the molecule is CC(C)[C@@]1(C)CCN(C(=O)[C@](C)(N)CO)C1. The van der Waals surface area contributed by atoms with Gasteiger partial charge in [-0.2, -0.15) is 0 Å². The molecule has 2 atom stereocenters. The van der Waals surface area contributed by atoms with Crippen molar-refractivity contribution in [2.45, 2.75) is 39.7 Å². The maximum absolute atomic E-state index is 12.0. The normalized spacial score (nSPS) is 29.6. The van der Waals surface area contributed by atoms with Crippen molar-refractivity contribution in [2.75, 3.05) is 19.7 Å². The lowest BCUT2D eigenvalue weighted by atomic mass is 9.78. The highest BCUT2D eigenvalue weighted by Gasteiger charge is 2.42. The minimum Gasteiger partial charge on any atom is -0.394 e. The summed E-state index contributed by atoms with van der Waals surface area (Å²) in [6.45, 7) is 9.35. The van der Waals surface area contributed by atoms with Crippen LogP contribution in [0.15, 0.2) is 0 Å². The second-order valence-electron chi connectivity index (χ2n) is 5.86. The molecule has 94 valence electrons. The van der Waals surface area contributed by atoms with Gasteiger partial charge in [0.15, 0.2) is 0 Å². The Morgan fingerprint density at radius 3 is 2.56 bits per heavy atom. The molecule has 1 fully saturated rings. The molecule has 0 bridgehead atoms. The summed E-state index contributed by atoms with van der Waals surface area (Å²) in [5.74, 6) is 0.405. The van der Waals surface area contributed by atoms with Crippen LogP contribution in [0, 0.1) is 11.3 Å². The molecule has 0 spiro atoms. The van der Waals surface area contributed by atoms with Gasteiger partial charge in [0.25, 0.3) is 0 Å². The summed E-state index contributed by atoms with van der Waals surface area (Å²) >= 11 is 0. The maximum Gasteiger partial charge on any atom is 0.244 e. The summed E-state index contributed by atoms with van der Waals surface area (Å²) in [4.78, 5) is 13.8. The molecule has 1 aliphatic heterocycles. The molecule has 1 saturated heterocycles. The van der Waals surface area contributed by atoms with Crippen LogP contribution in [0.25, 0.3) is 0 Å². The first-order valence-corrected chi connectivity index (χ1v) is 5.92. The minimum atomic E-state index is -1.14. The Balaban J connectivity index is 2.71. The molecule has 0 aromatic carbocycles. The topological polar surface area (TPSA) is 66.6 Å². The van der Waals surface area contributed by atoms with Gasteiger partial charge in [0.05, 0.1) is 6.61 Å². The average molecular weight is 228 g/mol. The van der Waals surface area contributed by atoms with Crippen molar-refractivity contribution in [3.05, 3.63) is 0 Å². The molecule has 1 rings (SSSR count). The Kier molecular flexibility index (Phi) is 3.65. The van der Waals surface area contributed by atoms with Crippen molar-refractivity contribution < 1.29 is 9.90 Å². The van der Waals surface area contributed by atoms with Crippen molar-refractivity contribution in [1.29, 1.82) is 0 Å². The number of hydrogen-bond acceptors (Lipinski definition) is 3. The zero-order valence-corrected chi connectivity index (χ0v) is 10.8. The number of likely N-dealkylation sites (tertiary alicyclic amines) is 1. The van der Waals surface area contributed by atoms with Crippen LogP contribution in [0.1, 0.15) is 34.1 Å². The molecule has 0 aromatic rings. The fourth-order valence-electron chi connectivity index (χ4n) is 2.06. The molecule has 0 saturated carbocycles. The van der Waals surface area contributed by atoms with Crippen molar-refractivity contribution in [3.8, 4) is 0 Å². The number of carbonyl (C=O) groups excluding carboxylic acids is 1.